The van der Waals surface area contributed by atoms with E-state index in [1.807, 2.05) is 18.2 Å². The fourth-order valence-electron chi connectivity index (χ4n) is 2.06. The van der Waals surface area contributed by atoms with Crippen LogP contribution in [0.4, 0.5) is 4.79 Å². The van der Waals surface area contributed by atoms with Crippen molar-refractivity contribution in [3.63, 3.8) is 0 Å². The number of carbonyl (C=O) groups is 3. The van der Waals surface area contributed by atoms with E-state index in [-0.39, 0.29) is 26.2 Å². The van der Waals surface area contributed by atoms with Crippen LogP contribution in [-0.2, 0) is 25.7 Å². The number of rotatable bonds is 5. The maximum atomic E-state index is 12.0. The van der Waals surface area contributed by atoms with Crippen molar-refractivity contribution in [1.82, 2.24) is 4.90 Å². The van der Waals surface area contributed by atoms with Crippen LogP contribution < -0.4 is 0 Å². The Labute approximate surface area is 131 Å². The molecule has 0 radical (unpaired) electrons. The van der Waals surface area contributed by atoms with Crippen LogP contribution in [0.1, 0.15) is 18.4 Å². The van der Waals surface area contributed by atoms with Gasteiger partial charge in [-0.3, -0.25) is 9.69 Å². The van der Waals surface area contributed by atoms with Crippen LogP contribution in [0.15, 0.2) is 35.4 Å². The summed E-state index contributed by atoms with van der Waals surface area (Å²) in [6, 6.07) is 8.15. The molecule has 0 spiro atoms. The highest BCUT2D eigenvalue weighted by atomic mass is 16.6. The van der Waals surface area contributed by atoms with Crippen LogP contribution in [0.3, 0.4) is 0 Å². The summed E-state index contributed by atoms with van der Waals surface area (Å²) in [5.74, 6) is -1.32. The van der Waals surface area contributed by atoms with Gasteiger partial charge in [-0.1, -0.05) is 30.3 Å². The zero-order valence-electron chi connectivity index (χ0n) is 12.1. The average molecular weight is 318 g/mol. The summed E-state index contributed by atoms with van der Waals surface area (Å²) < 4.78 is 9.95. The second-order valence-corrected chi connectivity index (χ2v) is 4.74. The summed E-state index contributed by atoms with van der Waals surface area (Å²) in [6.45, 7) is -0.165. The summed E-state index contributed by atoms with van der Waals surface area (Å²) in [4.78, 5) is 38.4. The SMILES string of the molecule is [N-]=[N+]=NC(=O)CC[C@H]1C(=O)OCN1C(=O)OCc1ccccc1. The molecule has 9 nitrogen and oxygen atoms in total. The van der Waals surface area contributed by atoms with Gasteiger partial charge >= 0.3 is 12.1 Å². The lowest BCUT2D eigenvalue weighted by atomic mass is 10.1. The molecule has 0 N–H and O–H groups in total. The number of benzene rings is 1. The molecule has 1 aliphatic rings. The molecule has 1 atom stereocenters. The number of esters is 1. The van der Waals surface area contributed by atoms with Crippen LogP contribution in [0.2, 0.25) is 0 Å². The van der Waals surface area contributed by atoms with Gasteiger partial charge in [-0.05, 0) is 22.6 Å². The molecule has 2 rings (SSSR count). The van der Waals surface area contributed by atoms with Crippen LogP contribution in [0, 0.1) is 0 Å². The van der Waals surface area contributed by atoms with Gasteiger partial charge in [-0.25, -0.2) is 9.59 Å². The lowest BCUT2D eigenvalue weighted by Crippen LogP contribution is -2.38. The fourth-order valence-corrected chi connectivity index (χ4v) is 2.06. The fraction of sp³-hybridized carbons (Fsp3) is 0.357. The Morgan fingerprint density at radius 1 is 1.39 bits per heavy atom. The summed E-state index contributed by atoms with van der Waals surface area (Å²) in [6.07, 6.45) is -0.857. The first-order chi connectivity index (χ1) is 11.1. The first-order valence-electron chi connectivity index (χ1n) is 6.83. The molecule has 2 amide bonds. The zero-order chi connectivity index (χ0) is 16.7. The Bertz CT molecular complexity index is 642. The number of ether oxygens (including phenoxy) is 2. The Morgan fingerprint density at radius 3 is 2.83 bits per heavy atom. The number of hydrogen-bond acceptors (Lipinski definition) is 5. The monoisotopic (exact) mass is 318 g/mol. The van der Waals surface area contributed by atoms with Crippen molar-refractivity contribution in [2.75, 3.05) is 6.73 Å². The second kappa shape index (κ2) is 7.81. The third-order valence-electron chi connectivity index (χ3n) is 3.22. The highest BCUT2D eigenvalue weighted by Gasteiger charge is 2.38. The van der Waals surface area contributed by atoms with E-state index in [1.54, 1.807) is 12.1 Å². The highest BCUT2D eigenvalue weighted by Crippen LogP contribution is 2.18. The van der Waals surface area contributed by atoms with Gasteiger partial charge in [-0.2, -0.15) is 0 Å². The third-order valence-corrected chi connectivity index (χ3v) is 3.22. The minimum Gasteiger partial charge on any atom is -0.444 e. The van der Waals surface area contributed by atoms with Crippen molar-refractivity contribution in [2.24, 2.45) is 5.11 Å². The smallest absolute Gasteiger partial charge is 0.413 e. The van der Waals surface area contributed by atoms with Crippen LogP contribution >= 0.6 is 0 Å². The number of cyclic esters (lactones) is 1. The summed E-state index contributed by atoms with van der Waals surface area (Å²) >= 11 is 0. The predicted molar refractivity (Wildman–Crippen MR) is 76.6 cm³/mol. The van der Waals surface area contributed by atoms with Gasteiger partial charge in [0, 0.05) is 11.3 Å². The van der Waals surface area contributed by atoms with Gasteiger partial charge in [0.1, 0.15) is 12.6 Å². The summed E-state index contributed by atoms with van der Waals surface area (Å²) in [5, 5.41) is 2.91. The molecule has 1 fully saturated rings. The highest BCUT2D eigenvalue weighted by molar-refractivity contribution is 5.85. The molecule has 120 valence electrons. The van der Waals surface area contributed by atoms with Gasteiger partial charge in [0.15, 0.2) is 6.73 Å². The predicted octanol–water partition coefficient (Wildman–Crippen LogP) is 2.13. The number of azide groups is 1. The maximum absolute atomic E-state index is 12.0. The van der Waals surface area contributed by atoms with E-state index in [4.69, 9.17) is 15.0 Å². The van der Waals surface area contributed by atoms with E-state index < -0.39 is 24.0 Å². The molecule has 0 bridgehead atoms. The van der Waals surface area contributed by atoms with E-state index >= 15 is 0 Å². The van der Waals surface area contributed by atoms with Gasteiger partial charge < -0.3 is 9.47 Å². The maximum Gasteiger partial charge on any atom is 0.413 e. The Morgan fingerprint density at radius 2 is 2.13 bits per heavy atom. The first-order valence-corrected chi connectivity index (χ1v) is 6.83. The van der Waals surface area contributed by atoms with Crippen LogP contribution in [0.25, 0.3) is 10.4 Å². The minimum absolute atomic E-state index is 0.0110. The molecule has 9 heteroatoms. The van der Waals surface area contributed by atoms with E-state index in [0.717, 1.165) is 10.5 Å². The van der Waals surface area contributed by atoms with Crippen molar-refractivity contribution in [2.45, 2.75) is 25.5 Å². The summed E-state index contributed by atoms with van der Waals surface area (Å²) in [5.41, 5.74) is 8.97. The molecule has 1 aromatic rings. The van der Waals surface area contributed by atoms with Crippen LogP contribution in [0.5, 0.6) is 0 Å². The summed E-state index contributed by atoms with van der Waals surface area (Å²) in [7, 11) is 0. The standard InChI is InChI=1S/C14H14N4O5/c15-17-16-12(19)7-6-11-13(20)23-9-18(11)14(21)22-8-10-4-2-1-3-5-10/h1-5,11H,6-9H2/t11-/m0/s1. The molecule has 1 aliphatic heterocycles. The molecule has 1 heterocycles. The van der Waals surface area contributed by atoms with Crippen molar-refractivity contribution in [3.05, 3.63) is 46.3 Å². The number of nitrogens with zero attached hydrogens (tertiary/aromatic N) is 4. The normalized spacial score (nSPS) is 16.4. The molecule has 1 saturated heterocycles. The zero-order valence-corrected chi connectivity index (χ0v) is 12.1. The van der Waals surface area contributed by atoms with Crippen molar-refractivity contribution >= 4 is 18.0 Å². The largest absolute Gasteiger partial charge is 0.444 e. The number of carbonyl (C=O) groups excluding carboxylic acids is 3. The quantitative estimate of drug-likeness (QED) is 0.356. The van der Waals surface area contributed by atoms with E-state index in [0.29, 0.717) is 0 Å². The molecule has 1 aromatic carbocycles. The Hall–Kier alpha value is -3.06. The average Bonchev–Trinajstić information content (AvgIpc) is 2.93. The molecule has 0 saturated carbocycles. The molecular weight excluding hydrogens is 304 g/mol. The van der Waals surface area contributed by atoms with Crippen LogP contribution in [-0.4, -0.2) is 35.6 Å². The lowest BCUT2D eigenvalue weighted by Gasteiger charge is -2.19. The lowest BCUT2D eigenvalue weighted by molar-refractivity contribution is -0.139. The molecular formula is C14H14N4O5. The molecule has 0 aromatic heterocycles. The van der Waals surface area contributed by atoms with E-state index in [1.165, 1.54) is 0 Å². The molecule has 0 aliphatic carbocycles. The number of amides is 2. The molecule has 23 heavy (non-hydrogen) atoms. The Balaban J connectivity index is 1.91. The number of hydrogen-bond donors (Lipinski definition) is 0. The van der Waals surface area contributed by atoms with Gasteiger partial charge in [0.05, 0.1) is 0 Å². The third kappa shape index (κ3) is 4.45. The van der Waals surface area contributed by atoms with Gasteiger partial charge in [0.25, 0.3) is 0 Å². The van der Waals surface area contributed by atoms with E-state index in [2.05, 4.69) is 10.0 Å². The minimum atomic E-state index is -0.920. The van der Waals surface area contributed by atoms with Crippen molar-refractivity contribution in [1.29, 1.82) is 0 Å². The molecule has 0 unspecified atom stereocenters. The Kier molecular flexibility index (Phi) is 5.54. The van der Waals surface area contributed by atoms with Crippen molar-refractivity contribution < 1.29 is 23.9 Å². The van der Waals surface area contributed by atoms with Crippen molar-refractivity contribution in [3.8, 4) is 0 Å². The second-order valence-electron chi connectivity index (χ2n) is 4.74. The van der Waals surface area contributed by atoms with Gasteiger partial charge in [-0.15, -0.1) is 0 Å². The topological polar surface area (TPSA) is 122 Å². The van der Waals surface area contributed by atoms with E-state index in [9.17, 15) is 14.4 Å². The first kappa shape index (κ1) is 16.3. The van der Waals surface area contributed by atoms with Gasteiger partial charge in [0.2, 0.25) is 5.91 Å².